The smallest absolute Gasteiger partial charge is 0.179 e. The fourth-order valence-electron chi connectivity index (χ4n) is 1.68. The van der Waals surface area contributed by atoms with Gasteiger partial charge in [0, 0.05) is 10.6 Å². The van der Waals surface area contributed by atoms with Crippen LogP contribution in [0.15, 0.2) is 42.5 Å². The van der Waals surface area contributed by atoms with Gasteiger partial charge in [0.05, 0.1) is 12.7 Å². The predicted octanol–water partition coefficient (Wildman–Crippen LogP) is 3.80. The van der Waals surface area contributed by atoms with Gasteiger partial charge in [-0.05, 0) is 18.2 Å². The first kappa shape index (κ1) is 13.3. The van der Waals surface area contributed by atoms with Crippen LogP contribution in [0.1, 0.15) is 11.1 Å². The molecule has 0 fully saturated rings. The van der Waals surface area contributed by atoms with Crippen molar-refractivity contribution >= 4 is 11.6 Å². The molecule has 2 rings (SSSR count). The van der Waals surface area contributed by atoms with Gasteiger partial charge in [0.2, 0.25) is 0 Å². The van der Waals surface area contributed by atoms with E-state index >= 15 is 0 Å². The summed E-state index contributed by atoms with van der Waals surface area (Å²) < 4.78 is 10.9. The molecule has 0 amide bonds. The maximum absolute atomic E-state index is 9.08. The normalized spacial score (nSPS) is 9.74. The van der Waals surface area contributed by atoms with Crippen molar-refractivity contribution in [3.05, 3.63) is 58.6 Å². The highest BCUT2D eigenvalue weighted by Crippen LogP contribution is 2.31. The van der Waals surface area contributed by atoms with Crippen LogP contribution in [0, 0.1) is 11.3 Å². The van der Waals surface area contributed by atoms with Gasteiger partial charge in [-0.3, -0.25) is 0 Å². The molecule has 96 valence electrons. The van der Waals surface area contributed by atoms with Gasteiger partial charge in [0.1, 0.15) is 12.7 Å². The number of para-hydroxylation sites is 1. The second-order valence-electron chi connectivity index (χ2n) is 3.83. The fraction of sp³-hybridized carbons (Fsp3) is 0.133. The third-order valence-corrected chi connectivity index (χ3v) is 3.02. The summed E-state index contributed by atoms with van der Waals surface area (Å²) in [4.78, 5) is 0. The molecule has 0 spiro atoms. The van der Waals surface area contributed by atoms with E-state index in [9.17, 15) is 0 Å². The second kappa shape index (κ2) is 6.12. The van der Waals surface area contributed by atoms with E-state index in [0.717, 1.165) is 5.56 Å². The van der Waals surface area contributed by atoms with Crippen LogP contribution in [-0.4, -0.2) is 7.11 Å². The summed E-state index contributed by atoms with van der Waals surface area (Å²) >= 11 is 6.06. The quantitative estimate of drug-likeness (QED) is 0.851. The summed E-state index contributed by atoms with van der Waals surface area (Å²) in [6.07, 6.45) is 0. The molecule has 2 aromatic carbocycles. The zero-order valence-corrected chi connectivity index (χ0v) is 11.1. The van der Waals surface area contributed by atoms with Crippen LogP contribution in [0.3, 0.4) is 0 Å². The molecular weight excluding hydrogens is 262 g/mol. The second-order valence-corrected chi connectivity index (χ2v) is 4.24. The molecule has 0 atom stereocenters. The highest BCUT2D eigenvalue weighted by Gasteiger charge is 2.11. The summed E-state index contributed by atoms with van der Waals surface area (Å²) in [6.45, 7) is 0.286. The first-order valence-electron chi connectivity index (χ1n) is 5.69. The highest BCUT2D eigenvalue weighted by atomic mass is 35.5. The molecule has 0 aliphatic rings. The molecule has 0 saturated heterocycles. The van der Waals surface area contributed by atoms with E-state index < -0.39 is 0 Å². The first-order chi connectivity index (χ1) is 9.26. The molecule has 0 aromatic heterocycles. The van der Waals surface area contributed by atoms with Gasteiger partial charge in [0.15, 0.2) is 11.5 Å². The predicted molar refractivity (Wildman–Crippen MR) is 73.5 cm³/mol. The Hall–Kier alpha value is -2.18. The molecule has 0 aliphatic heterocycles. The molecular formula is C15H12ClNO2. The van der Waals surface area contributed by atoms with Crippen molar-refractivity contribution in [2.24, 2.45) is 0 Å². The lowest BCUT2D eigenvalue weighted by atomic mass is 10.2. The van der Waals surface area contributed by atoms with Gasteiger partial charge in [-0.1, -0.05) is 35.9 Å². The van der Waals surface area contributed by atoms with Gasteiger partial charge >= 0.3 is 0 Å². The topological polar surface area (TPSA) is 42.2 Å². The van der Waals surface area contributed by atoms with Crippen LogP contribution < -0.4 is 9.47 Å². The van der Waals surface area contributed by atoms with Crippen LogP contribution >= 0.6 is 11.6 Å². The number of nitriles is 1. The molecule has 0 radical (unpaired) electrons. The Kier molecular flexibility index (Phi) is 4.27. The number of benzene rings is 2. The molecule has 0 N–H and O–H groups in total. The number of halogens is 1. The van der Waals surface area contributed by atoms with Gasteiger partial charge in [-0.25, -0.2) is 0 Å². The monoisotopic (exact) mass is 273 g/mol. The van der Waals surface area contributed by atoms with E-state index in [1.165, 1.54) is 0 Å². The number of methoxy groups -OCH3 is 1. The Bertz CT molecular complexity index is 620. The molecule has 2 aromatic rings. The number of rotatable bonds is 4. The minimum atomic E-state index is 0.286. The molecule has 4 heteroatoms. The minimum Gasteiger partial charge on any atom is -0.493 e. The lowest BCUT2D eigenvalue weighted by Crippen LogP contribution is -2.00. The Morgan fingerprint density at radius 3 is 2.63 bits per heavy atom. The molecule has 0 saturated carbocycles. The van der Waals surface area contributed by atoms with Gasteiger partial charge in [-0.15, -0.1) is 0 Å². The fourth-order valence-corrected chi connectivity index (χ4v) is 1.87. The van der Waals surface area contributed by atoms with E-state index in [0.29, 0.717) is 22.1 Å². The van der Waals surface area contributed by atoms with Gasteiger partial charge < -0.3 is 9.47 Å². The van der Waals surface area contributed by atoms with E-state index in [1.807, 2.05) is 18.2 Å². The molecule has 3 nitrogen and oxygen atoms in total. The summed E-state index contributed by atoms with van der Waals surface area (Å²) in [5, 5.41) is 9.71. The molecule has 0 unspecified atom stereocenters. The number of hydrogen-bond acceptors (Lipinski definition) is 3. The highest BCUT2D eigenvalue weighted by molar-refractivity contribution is 6.31. The van der Waals surface area contributed by atoms with Crippen LogP contribution in [0.5, 0.6) is 11.5 Å². The Morgan fingerprint density at radius 2 is 1.95 bits per heavy atom. The Balaban J connectivity index is 2.25. The van der Waals surface area contributed by atoms with E-state index in [1.54, 1.807) is 31.4 Å². The lowest BCUT2D eigenvalue weighted by Gasteiger charge is -2.12. The Labute approximate surface area is 117 Å². The zero-order chi connectivity index (χ0) is 13.7. The van der Waals surface area contributed by atoms with Crippen LogP contribution in [0.4, 0.5) is 0 Å². The summed E-state index contributed by atoms with van der Waals surface area (Å²) in [5.41, 5.74) is 1.30. The largest absolute Gasteiger partial charge is 0.493 e. The van der Waals surface area contributed by atoms with Crippen molar-refractivity contribution < 1.29 is 9.47 Å². The third-order valence-electron chi connectivity index (χ3n) is 2.65. The molecule has 0 bridgehead atoms. The SMILES string of the molecule is COc1cccc(C#N)c1OCc1ccccc1Cl. The number of hydrogen-bond donors (Lipinski definition) is 0. The van der Waals surface area contributed by atoms with Crippen molar-refractivity contribution in [3.8, 4) is 17.6 Å². The van der Waals surface area contributed by atoms with Crippen molar-refractivity contribution in [2.45, 2.75) is 6.61 Å². The lowest BCUT2D eigenvalue weighted by molar-refractivity contribution is 0.283. The summed E-state index contributed by atoms with van der Waals surface area (Å²) in [5.74, 6) is 0.971. The molecule has 0 aliphatic carbocycles. The van der Waals surface area contributed by atoms with Crippen molar-refractivity contribution in [1.29, 1.82) is 5.26 Å². The average Bonchev–Trinajstić information content (AvgIpc) is 2.46. The van der Waals surface area contributed by atoms with Crippen LogP contribution in [0.25, 0.3) is 0 Å². The van der Waals surface area contributed by atoms with Gasteiger partial charge in [-0.2, -0.15) is 5.26 Å². The average molecular weight is 274 g/mol. The zero-order valence-electron chi connectivity index (χ0n) is 10.4. The van der Waals surface area contributed by atoms with E-state index in [2.05, 4.69) is 6.07 Å². The minimum absolute atomic E-state index is 0.286. The summed E-state index contributed by atoms with van der Waals surface area (Å²) in [7, 11) is 1.54. The number of nitrogens with zero attached hydrogens (tertiary/aromatic N) is 1. The van der Waals surface area contributed by atoms with Crippen molar-refractivity contribution in [3.63, 3.8) is 0 Å². The van der Waals surface area contributed by atoms with E-state index in [-0.39, 0.29) is 6.61 Å². The van der Waals surface area contributed by atoms with Crippen LogP contribution in [-0.2, 0) is 6.61 Å². The first-order valence-corrected chi connectivity index (χ1v) is 6.07. The standard InChI is InChI=1S/C15H12ClNO2/c1-18-14-8-4-6-11(9-17)15(14)19-10-12-5-2-3-7-13(12)16/h2-8H,10H2,1H3. The maximum atomic E-state index is 9.08. The Morgan fingerprint density at radius 1 is 1.16 bits per heavy atom. The molecule has 19 heavy (non-hydrogen) atoms. The maximum Gasteiger partial charge on any atom is 0.179 e. The van der Waals surface area contributed by atoms with Gasteiger partial charge in [0.25, 0.3) is 0 Å². The van der Waals surface area contributed by atoms with Crippen molar-refractivity contribution in [1.82, 2.24) is 0 Å². The summed E-state index contributed by atoms with van der Waals surface area (Å²) in [6, 6.07) is 14.7. The van der Waals surface area contributed by atoms with Crippen LogP contribution in [0.2, 0.25) is 5.02 Å². The van der Waals surface area contributed by atoms with Crippen molar-refractivity contribution in [2.75, 3.05) is 7.11 Å². The number of ether oxygens (including phenoxy) is 2. The molecule has 0 heterocycles. The van der Waals surface area contributed by atoms with E-state index in [4.69, 9.17) is 26.3 Å². The third kappa shape index (κ3) is 2.98.